The van der Waals surface area contributed by atoms with E-state index in [2.05, 4.69) is 64.1 Å². The molecule has 2 unspecified atom stereocenters. The van der Waals surface area contributed by atoms with Gasteiger partial charge in [-0.2, -0.15) is 0 Å². The molecule has 0 aliphatic rings. The Kier molecular flexibility index (Phi) is 14.8. The first-order valence-electron chi connectivity index (χ1n) is 11.2. The maximum absolute atomic E-state index is 6.58. The van der Waals surface area contributed by atoms with E-state index in [1.165, 1.54) is 33.4 Å². The van der Waals surface area contributed by atoms with Crippen LogP contribution in [-0.4, -0.2) is 13.1 Å². The zero-order valence-electron chi connectivity index (χ0n) is 19.3. The van der Waals surface area contributed by atoms with Gasteiger partial charge in [0, 0.05) is 12.1 Å². The third kappa shape index (κ3) is 8.69. The number of rotatable bonds is 11. The van der Waals surface area contributed by atoms with Crippen LogP contribution >= 0.6 is 20.3 Å². The molecule has 2 aromatic carbocycles. The average Bonchev–Trinajstić information content (AvgIpc) is 2.80. The van der Waals surface area contributed by atoms with Crippen molar-refractivity contribution in [1.29, 1.82) is 0 Å². The first-order valence-corrected chi connectivity index (χ1v) is 14.0. The molecular weight excluding hydrogens is 472 g/mol. The van der Waals surface area contributed by atoms with E-state index in [1.807, 2.05) is 0 Å². The maximum atomic E-state index is 6.58. The molecule has 0 radical (unpaired) electrons. The van der Waals surface area contributed by atoms with Crippen molar-refractivity contribution in [2.75, 3.05) is 13.1 Å². The molecular formula is C25H38Cl2CoN3. The van der Waals surface area contributed by atoms with Crippen LogP contribution in [0.25, 0.3) is 5.32 Å². The summed E-state index contributed by atoms with van der Waals surface area (Å²) in [6.45, 7) is 10.2. The van der Waals surface area contributed by atoms with Gasteiger partial charge in [-0.3, -0.25) is 0 Å². The van der Waals surface area contributed by atoms with E-state index in [0.717, 1.165) is 38.6 Å². The standard InChI is InChI=1S/C25H38N3.2ClH.Co/c1-5-18-11-9-12-19(6-2)24(18)22(26)15-16-28-17-23(27)25-20(7-3)13-10-14-21(25)8-4;;;/h9-14,22-23H,5-8,15-17,26-27H2,1-4H3;2*1H;/q-1;;;+3/p-2. The predicted molar refractivity (Wildman–Crippen MR) is 134 cm³/mol. The summed E-state index contributed by atoms with van der Waals surface area (Å²) in [7, 11) is 9.47. The number of aryl methyl sites for hydroxylation is 4. The van der Waals surface area contributed by atoms with Gasteiger partial charge in [-0.25, -0.2) is 0 Å². The number of nitrogens with two attached hydrogens (primary N) is 2. The normalized spacial score (nSPS) is 12.9. The second kappa shape index (κ2) is 16.1. The van der Waals surface area contributed by atoms with Gasteiger partial charge in [0.05, 0.1) is 0 Å². The molecule has 2 aromatic rings. The number of halogens is 2. The molecule has 6 heteroatoms. The fraction of sp³-hybridized carbons (Fsp3) is 0.520. The number of hydrogen-bond acceptors (Lipinski definition) is 2. The van der Waals surface area contributed by atoms with Gasteiger partial charge < -0.3 is 16.8 Å². The Morgan fingerprint density at radius 1 is 0.742 bits per heavy atom. The molecule has 4 N–H and O–H groups in total. The van der Waals surface area contributed by atoms with E-state index in [1.54, 1.807) is 0 Å². The second-order valence-corrected chi connectivity index (χ2v) is 9.29. The molecule has 0 fully saturated rings. The van der Waals surface area contributed by atoms with Crippen molar-refractivity contribution in [3.63, 3.8) is 0 Å². The molecule has 2 atom stereocenters. The number of nitrogens with zero attached hydrogens (tertiary/aromatic N) is 1. The Labute approximate surface area is 204 Å². The minimum absolute atomic E-state index is 0.0311. The topological polar surface area (TPSA) is 66.1 Å². The van der Waals surface area contributed by atoms with Gasteiger partial charge >= 0.3 is 33.2 Å². The SMILES string of the molecule is CCc1cccc(CC)c1C(N)CC[N-]CC(N)c1c(CC)cccc1CC.[Cl][Co+][Cl]. The van der Waals surface area contributed by atoms with Gasteiger partial charge in [0.15, 0.2) is 0 Å². The molecule has 3 nitrogen and oxygen atoms in total. The summed E-state index contributed by atoms with van der Waals surface area (Å²) in [5.41, 5.74) is 21.2. The molecule has 0 aliphatic heterocycles. The van der Waals surface area contributed by atoms with Crippen LogP contribution in [0.5, 0.6) is 0 Å². The summed E-state index contributed by atoms with van der Waals surface area (Å²) in [6.07, 6.45) is 4.93. The molecule has 0 saturated carbocycles. The van der Waals surface area contributed by atoms with E-state index in [0.29, 0.717) is 19.4 Å². The van der Waals surface area contributed by atoms with Crippen molar-refractivity contribution < 1.29 is 12.9 Å². The summed E-state index contributed by atoms with van der Waals surface area (Å²) < 4.78 is 0. The van der Waals surface area contributed by atoms with Crippen LogP contribution in [0.2, 0.25) is 0 Å². The minimum atomic E-state index is -0.0311. The molecule has 0 amide bonds. The first-order chi connectivity index (χ1) is 15.0. The number of benzene rings is 2. The Balaban J connectivity index is 0.00000151. The molecule has 0 heterocycles. The predicted octanol–water partition coefficient (Wildman–Crippen LogP) is 6.78. The Morgan fingerprint density at radius 3 is 1.45 bits per heavy atom. The van der Waals surface area contributed by atoms with E-state index < -0.39 is 0 Å². The van der Waals surface area contributed by atoms with Crippen LogP contribution in [0.1, 0.15) is 79.6 Å². The fourth-order valence-electron chi connectivity index (χ4n) is 4.21. The molecule has 31 heavy (non-hydrogen) atoms. The van der Waals surface area contributed by atoms with Gasteiger partial charge in [0.1, 0.15) is 0 Å². The van der Waals surface area contributed by atoms with E-state index in [9.17, 15) is 0 Å². The molecule has 2 rings (SSSR count). The van der Waals surface area contributed by atoms with Crippen LogP contribution < -0.4 is 11.5 Å². The zero-order valence-corrected chi connectivity index (χ0v) is 21.8. The Morgan fingerprint density at radius 2 is 1.10 bits per heavy atom. The third-order valence-electron chi connectivity index (χ3n) is 5.76. The van der Waals surface area contributed by atoms with Crippen molar-refractivity contribution in [2.45, 2.75) is 71.9 Å². The van der Waals surface area contributed by atoms with Crippen molar-refractivity contribution in [3.05, 3.63) is 75.1 Å². The summed E-state index contributed by atoms with van der Waals surface area (Å²) in [4.78, 5) is 0. The number of hydrogen-bond donors (Lipinski definition) is 2. The summed E-state index contributed by atoms with van der Waals surface area (Å²) >= 11 is 0.382. The van der Waals surface area contributed by atoms with Gasteiger partial charge in [-0.05, 0) is 59.1 Å². The monoisotopic (exact) mass is 509 g/mol. The molecule has 0 bridgehead atoms. The van der Waals surface area contributed by atoms with Crippen LogP contribution in [0, 0.1) is 0 Å². The molecule has 0 saturated heterocycles. The molecule has 0 aliphatic carbocycles. The van der Waals surface area contributed by atoms with Gasteiger partial charge in [0.25, 0.3) is 0 Å². The molecule has 0 aromatic heterocycles. The first kappa shape index (κ1) is 28.4. The van der Waals surface area contributed by atoms with Crippen LogP contribution in [0.4, 0.5) is 0 Å². The van der Waals surface area contributed by atoms with Crippen LogP contribution in [0.15, 0.2) is 36.4 Å². The van der Waals surface area contributed by atoms with E-state index >= 15 is 0 Å². The summed E-state index contributed by atoms with van der Waals surface area (Å²) in [5.74, 6) is 0. The Hall–Kier alpha value is -0.594. The summed E-state index contributed by atoms with van der Waals surface area (Å²) in [6, 6.07) is 13.1. The third-order valence-corrected chi connectivity index (χ3v) is 5.76. The van der Waals surface area contributed by atoms with Gasteiger partial charge in [-0.15, -0.1) is 13.1 Å². The van der Waals surface area contributed by atoms with E-state index in [-0.39, 0.29) is 12.1 Å². The average molecular weight is 510 g/mol. The molecule has 0 spiro atoms. The van der Waals surface area contributed by atoms with Crippen molar-refractivity contribution in [3.8, 4) is 0 Å². The summed E-state index contributed by atoms with van der Waals surface area (Å²) in [5, 5.41) is 4.77. The van der Waals surface area contributed by atoms with Crippen LogP contribution in [-0.2, 0) is 38.6 Å². The van der Waals surface area contributed by atoms with Crippen molar-refractivity contribution >= 4 is 20.3 Å². The quantitative estimate of drug-likeness (QED) is 0.328. The molecule has 176 valence electrons. The van der Waals surface area contributed by atoms with Gasteiger partial charge in [-0.1, -0.05) is 70.5 Å². The Bertz CT molecular complexity index is 662. The van der Waals surface area contributed by atoms with Crippen molar-refractivity contribution in [2.24, 2.45) is 11.5 Å². The van der Waals surface area contributed by atoms with Gasteiger partial charge in [0.2, 0.25) is 0 Å². The fourth-order valence-corrected chi connectivity index (χ4v) is 4.21. The van der Waals surface area contributed by atoms with E-state index in [4.69, 9.17) is 37.1 Å². The van der Waals surface area contributed by atoms with Crippen LogP contribution in [0.3, 0.4) is 0 Å². The second-order valence-electron chi connectivity index (χ2n) is 7.57. The van der Waals surface area contributed by atoms with Crippen molar-refractivity contribution in [1.82, 2.24) is 0 Å². The zero-order chi connectivity index (χ0) is 23.2.